The zero-order valence-electron chi connectivity index (χ0n) is 16.2. The van der Waals surface area contributed by atoms with Gasteiger partial charge in [0.25, 0.3) is 5.91 Å². The molecule has 1 aromatic carbocycles. The van der Waals surface area contributed by atoms with Crippen molar-refractivity contribution in [3.63, 3.8) is 0 Å². The highest BCUT2D eigenvalue weighted by Crippen LogP contribution is 2.47. The van der Waals surface area contributed by atoms with Gasteiger partial charge >= 0.3 is 5.97 Å². The Labute approximate surface area is 171 Å². The second-order valence-corrected chi connectivity index (χ2v) is 8.20. The van der Waals surface area contributed by atoms with E-state index in [0.29, 0.717) is 11.1 Å². The van der Waals surface area contributed by atoms with Crippen molar-refractivity contribution in [2.24, 2.45) is 23.0 Å². The van der Waals surface area contributed by atoms with Gasteiger partial charge < -0.3 is 15.7 Å². The highest BCUT2D eigenvalue weighted by atomic mass is 35.5. The third kappa shape index (κ3) is 4.66. The number of likely N-dealkylation sites (tertiary alicyclic amines) is 1. The summed E-state index contributed by atoms with van der Waals surface area (Å²) in [4.78, 5) is 37.0. The van der Waals surface area contributed by atoms with Crippen LogP contribution in [-0.4, -0.2) is 40.9 Å². The summed E-state index contributed by atoms with van der Waals surface area (Å²) in [6.07, 6.45) is 6.01. The van der Waals surface area contributed by atoms with Crippen molar-refractivity contribution in [2.75, 3.05) is 13.1 Å². The monoisotopic (exact) mass is 408 g/mol. The first-order valence-corrected chi connectivity index (χ1v) is 9.73. The molecule has 1 aromatic rings. The van der Waals surface area contributed by atoms with Crippen LogP contribution in [0.2, 0.25) is 0 Å². The Morgan fingerprint density at radius 1 is 1.04 bits per heavy atom. The molecule has 3 N–H and O–H groups in total. The molecule has 2 fully saturated rings. The fourth-order valence-corrected chi connectivity index (χ4v) is 4.60. The maximum Gasteiger partial charge on any atom is 0.306 e. The number of carbonyl (C=O) groups excluding carboxylic acids is 2. The van der Waals surface area contributed by atoms with Crippen LogP contribution in [0, 0.1) is 17.3 Å². The van der Waals surface area contributed by atoms with Crippen LogP contribution in [0.15, 0.2) is 24.3 Å². The Balaban J connectivity index is 0.00000280. The first-order chi connectivity index (χ1) is 12.8. The van der Waals surface area contributed by atoms with E-state index in [1.165, 1.54) is 0 Å². The third-order valence-electron chi connectivity index (χ3n) is 6.72. The molecule has 1 spiro atoms. The highest BCUT2D eigenvalue weighted by molar-refractivity contribution is 5.97. The molecule has 0 radical (unpaired) electrons. The number of rotatable bonds is 4. The standard InChI is InChI=1S/C21H28N2O4.ClH/c1-14(20(26)27)15-6-8-21(9-7-15)10-12-23(13-11-21)19(25)17-4-2-16(3-5-17)18(22)24;/h2-5,14-15H,6-13H2,1H3,(H2,22,24)(H,26,27);1H. The van der Waals surface area contributed by atoms with Gasteiger partial charge in [-0.3, -0.25) is 14.4 Å². The van der Waals surface area contributed by atoms with E-state index in [-0.39, 0.29) is 35.6 Å². The lowest BCUT2D eigenvalue weighted by atomic mass is 9.63. The molecule has 0 bridgehead atoms. The van der Waals surface area contributed by atoms with E-state index in [2.05, 4.69) is 0 Å². The number of amides is 2. The molecule has 1 aliphatic heterocycles. The zero-order chi connectivity index (χ0) is 19.6. The average Bonchev–Trinajstić information content (AvgIpc) is 2.68. The summed E-state index contributed by atoms with van der Waals surface area (Å²) in [7, 11) is 0. The van der Waals surface area contributed by atoms with Gasteiger partial charge in [-0.1, -0.05) is 6.92 Å². The SMILES string of the molecule is CC(C(=O)O)C1CCC2(CC1)CCN(C(=O)c1ccc(C(N)=O)cc1)CC2.Cl. The summed E-state index contributed by atoms with van der Waals surface area (Å²) in [5.41, 5.74) is 6.48. The number of benzene rings is 1. The molecular formula is C21H29ClN2O4. The van der Waals surface area contributed by atoms with E-state index in [1.54, 1.807) is 24.3 Å². The lowest BCUT2D eigenvalue weighted by molar-refractivity contribution is -0.143. The van der Waals surface area contributed by atoms with Crippen molar-refractivity contribution in [2.45, 2.75) is 45.4 Å². The van der Waals surface area contributed by atoms with E-state index in [1.807, 2.05) is 11.8 Å². The van der Waals surface area contributed by atoms with Gasteiger partial charge in [0.1, 0.15) is 0 Å². The molecule has 2 aliphatic rings. The summed E-state index contributed by atoms with van der Waals surface area (Å²) >= 11 is 0. The average molecular weight is 409 g/mol. The predicted octanol–water partition coefficient (Wildman–Crippen LogP) is 3.34. The summed E-state index contributed by atoms with van der Waals surface area (Å²) < 4.78 is 0. The second kappa shape index (κ2) is 8.95. The minimum atomic E-state index is -0.696. The number of halogens is 1. The number of hydrogen-bond acceptors (Lipinski definition) is 3. The third-order valence-corrected chi connectivity index (χ3v) is 6.72. The summed E-state index contributed by atoms with van der Waals surface area (Å²) in [5.74, 6) is -1.20. The lowest BCUT2D eigenvalue weighted by Crippen LogP contribution is -2.45. The maximum absolute atomic E-state index is 12.7. The minimum absolute atomic E-state index is 0. The summed E-state index contributed by atoms with van der Waals surface area (Å²) in [6, 6.07) is 6.49. The maximum atomic E-state index is 12.7. The van der Waals surface area contributed by atoms with Crippen LogP contribution in [-0.2, 0) is 4.79 Å². The normalized spacial score (nSPS) is 20.2. The van der Waals surface area contributed by atoms with E-state index >= 15 is 0 Å². The van der Waals surface area contributed by atoms with Crippen molar-refractivity contribution < 1.29 is 19.5 Å². The molecule has 1 unspecified atom stereocenters. The van der Waals surface area contributed by atoms with Gasteiger partial charge in [0.15, 0.2) is 0 Å². The number of carbonyl (C=O) groups is 3. The number of carboxylic acids is 1. The molecule has 7 heteroatoms. The number of nitrogens with two attached hydrogens (primary N) is 1. The topological polar surface area (TPSA) is 101 Å². The molecule has 1 heterocycles. The Morgan fingerprint density at radius 2 is 1.54 bits per heavy atom. The quantitative estimate of drug-likeness (QED) is 0.797. The summed E-state index contributed by atoms with van der Waals surface area (Å²) in [6.45, 7) is 3.28. The van der Waals surface area contributed by atoms with Crippen molar-refractivity contribution in [3.05, 3.63) is 35.4 Å². The number of nitrogens with zero attached hydrogens (tertiary/aromatic N) is 1. The fourth-order valence-electron chi connectivity index (χ4n) is 4.60. The fraction of sp³-hybridized carbons (Fsp3) is 0.571. The van der Waals surface area contributed by atoms with Crippen molar-refractivity contribution in [1.82, 2.24) is 4.90 Å². The van der Waals surface area contributed by atoms with E-state index in [4.69, 9.17) is 5.73 Å². The van der Waals surface area contributed by atoms with Gasteiger partial charge in [-0.15, -0.1) is 12.4 Å². The largest absolute Gasteiger partial charge is 0.481 e. The molecule has 1 saturated heterocycles. The summed E-state index contributed by atoms with van der Waals surface area (Å²) in [5, 5.41) is 9.22. The molecule has 1 atom stereocenters. The Bertz CT molecular complexity index is 716. The number of aliphatic carboxylic acids is 1. The van der Waals surface area contributed by atoms with Crippen molar-refractivity contribution >= 4 is 30.2 Å². The lowest BCUT2D eigenvalue weighted by Gasteiger charge is -2.46. The van der Waals surface area contributed by atoms with Crippen molar-refractivity contribution in [3.8, 4) is 0 Å². The molecule has 1 aliphatic carbocycles. The van der Waals surface area contributed by atoms with Crippen LogP contribution in [0.4, 0.5) is 0 Å². The number of carboxylic acid groups (broad SMARTS) is 1. The Morgan fingerprint density at radius 3 is 2.00 bits per heavy atom. The van der Waals surface area contributed by atoms with Gasteiger partial charge in [-0.2, -0.15) is 0 Å². The van der Waals surface area contributed by atoms with Gasteiger partial charge in [0, 0.05) is 24.2 Å². The second-order valence-electron chi connectivity index (χ2n) is 8.20. The van der Waals surface area contributed by atoms with Crippen LogP contribution in [0.1, 0.15) is 66.2 Å². The molecule has 0 aromatic heterocycles. The van der Waals surface area contributed by atoms with Gasteiger partial charge in [-0.25, -0.2) is 0 Å². The van der Waals surface area contributed by atoms with Gasteiger partial charge in [-0.05, 0) is 74.1 Å². The number of primary amides is 1. The zero-order valence-corrected chi connectivity index (χ0v) is 17.0. The molecule has 1 saturated carbocycles. The van der Waals surface area contributed by atoms with E-state index in [0.717, 1.165) is 51.6 Å². The first kappa shape index (κ1) is 22.2. The van der Waals surface area contributed by atoms with E-state index < -0.39 is 11.9 Å². The minimum Gasteiger partial charge on any atom is -0.481 e. The first-order valence-electron chi connectivity index (χ1n) is 9.73. The number of piperidine rings is 1. The Kier molecular flexibility index (Phi) is 7.10. The molecule has 2 amide bonds. The molecule has 6 nitrogen and oxygen atoms in total. The van der Waals surface area contributed by atoms with Crippen LogP contribution in [0.5, 0.6) is 0 Å². The Hall–Kier alpha value is -2.08. The van der Waals surface area contributed by atoms with Crippen LogP contribution >= 0.6 is 12.4 Å². The molecule has 154 valence electrons. The van der Waals surface area contributed by atoms with Crippen LogP contribution < -0.4 is 5.73 Å². The molecular weight excluding hydrogens is 380 g/mol. The molecule has 28 heavy (non-hydrogen) atoms. The highest BCUT2D eigenvalue weighted by Gasteiger charge is 2.40. The van der Waals surface area contributed by atoms with Crippen LogP contribution in [0.3, 0.4) is 0 Å². The van der Waals surface area contributed by atoms with Gasteiger partial charge in [0.2, 0.25) is 5.91 Å². The smallest absolute Gasteiger partial charge is 0.306 e. The number of hydrogen-bond donors (Lipinski definition) is 2. The van der Waals surface area contributed by atoms with Crippen molar-refractivity contribution in [1.29, 1.82) is 0 Å². The van der Waals surface area contributed by atoms with Gasteiger partial charge in [0.05, 0.1) is 5.92 Å². The van der Waals surface area contributed by atoms with E-state index in [9.17, 15) is 19.5 Å². The van der Waals surface area contributed by atoms with Crippen LogP contribution in [0.25, 0.3) is 0 Å². The predicted molar refractivity (Wildman–Crippen MR) is 109 cm³/mol. The molecule has 3 rings (SSSR count).